The lowest BCUT2D eigenvalue weighted by Gasteiger charge is -2.18. The lowest BCUT2D eigenvalue weighted by Crippen LogP contribution is -2.38. The largest absolute Gasteiger partial charge is 0.451 e. The number of amides is 3. The SMILES string of the molecule is Cc1cc(C)c(NC(=O)C(C)OC(=O)CN2C(=O)c3ccccc3C2=O)c(C)c1. The monoisotopic (exact) mass is 394 g/mol. The van der Waals surface area contributed by atoms with E-state index in [1.807, 2.05) is 32.9 Å². The Morgan fingerprint density at radius 2 is 1.52 bits per heavy atom. The molecule has 7 nitrogen and oxygen atoms in total. The average molecular weight is 394 g/mol. The van der Waals surface area contributed by atoms with Crippen molar-refractivity contribution in [2.45, 2.75) is 33.8 Å². The molecular weight excluding hydrogens is 372 g/mol. The number of ether oxygens (including phenoxy) is 1. The molecule has 0 radical (unpaired) electrons. The minimum atomic E-state index is -1.09. The van der Waals surface area contributed by atoms with Gasteiger partial charge in [-0.15, -0.1) is 0 Å². The normalized spacial score (nSPS) is 13.9. The van der Waals surface area contributed by atoms with Gasteiger partial charge in [-0.2, -0.15) is 0 Å². The van der Waals surface area contributed by atoms with E-state index < -0.39 is 36.3 Å². The molecule has 2 aromatic rings. The summed E-state index contributed by atoms with van der Waals surface area (Å²) in [5, 5.41) is 2.77. The fraction of sp³-hybridized carbons (Fsp3) is 0.273. The summed E-state index contributed by atoms with van der Waals surface area (Å²) in [5.74, 6) is -2.42. The fourth-order valence-electron chi connectivity index (χ4n) is 3.40. The summed E-state index contributed by atoms with van der Waals surface area (Å²) in [5.41, 5.74) is 4.06. The van der Waals surface area contributed by atoms with Gasteiger partial charge in [-0.3, -0.25) is 24.1 Å². The highest BCUT2D eigenvalue weighted by Gasteiger charge is 2.37. The first-order valence-electron chi connectivity index (χ1n) is 9.22. The van der Waals surface area contributed by atoms with Crippen molar-refractivity contribution in [2.24, 2.45) is 0 Å². The molecule has 0 fully saturated rings. The Morgan fingerprint density at radius 1 is 1.00 bits per heavy atom. The first-order chi connectivity index (χ1) is 13.7. The van der Waals surface area contributed by atoms with Gasteiger partial charge in [0.05, 0.1) is 11.1 Å². The maximum Gasteiger partial charge on any atom is 0.326 e. The molecule has 150 valence electrons. The zero-order chi connectivity index (χ0) is 21.3. The molecule has 1 aliphatic rings. The standard InChI is InChI=1S/C22H22N2O5/c1-12-9-13(2)19(14(3)10-12)23-20(26)15(4)29-18(25)11-24-21(27)16-7-5-6-8-17(16)22(24)28/h5-10,15H,11H2,1-4H3,(H,23,26). The molecular formula is C22H22N2O5. The molecule has 29 heavy (non-hydrogen) atoms. The number of carbonyl (C=O) groups excluding carboxylic acids is 4. The summed E-state index contributed by atoms with van der Waals surface area (Å²) in [7, 11) is 0. The number of hydrogen-bond donors (Lipinski definition) is 1. The van der Waals surface area contributed by atoms with Crippen LogP contribution in [0.2, 0.25) is 0 Å². The summed E-state index contributed by atoms with van der Waals surface area (Å²) < 4.78 is 5.15. The number of imide groups is 1. The molecule has 1 N–H and O–H groups in total. The van der Waals surface area contributed by atoms with Gasteiger partial charge in [-0.1, -0.05) is 29.8 Å². The molecule has 0 bridgehead atoms. The Balaban J connectivity index is 1.62. The maximum absolute atomic E-state index is 12.4. The second kappa shape index (κ2) is 7.87. The van der Waals surface area contributed by atoms with E-state index in [4.69, 9.17) is 4.74 Å². The highest BCUT2D eigenvalue weighted by Crippen LogP contribution is 2.23. The third-order valence-electron chi connectivity index (χ3n) is 4.77. The van der Waals surface area contributed by atoms with E-state index in [1.165, 1.54) is 19.1 Å². The van der Waals surface area contributed by atoms with Gasteiger partial charge in [0.15, 0.2) is 6.10 Å². The summed E-state index contributed by atoms with van der Waals surface area (Å²) >= 11 is 0. The molecule has 7 heteroatoms. The molecule has 0 aliphatic carbocycles. The molecule has 0 saturated carbocycles. The number of rotatable bonds is 5. The molecule has 3 rings (SSSR count). The van der Waals surface area contributed by atoms with Crippen LogP contribution in [0.4, 0.5) is 5.69 Å². The van der Waals surface area contributed by atoms with Crippen LogP contribution in [0, 0.1) is 20.8 Å². The van der Waals surface area contributed by atoms with Gasteiger partial charge >= 0.3 is 5.97 Å². The number of esters is 1. The van der Waals surface area contributed by atoms with Crippen molar-refractivity contribution in [2.75, 3.05) is 11.9 Å². The molecule has 1 aliphatic heterocycles. The zero-order valence-corrected chi connectivity index (χ0v) is 16.7. The van der Waals surface area contributed by atoms with Gasteiger partial charge in [0, 0.05) is 5.69 Å². The number of nitrogens with one attached hydrogen (secondary N) is 1. The quantitative estimate of drug-likeness (QED) is 0.622. The Labute approximate surface area is 168 Å². The van der Waals surface area contributed by atoms with E-state index in [-0.39, 0.29) is 11.1 Å². The van der Waals surface area contributed by atoms with E-state index in [0.717, 1.165) is 21.6 Å². The highest BCUT2D eigenvalue weighted by atomic mass is 16.5. The average Bonchev–Trinajstić information content (AvgIpc) is 2.89. The van der Waals surface area contributed by atoms with Crippen LogP contribution < -0.4 is 5.32 Å². The molecule has 0 spiro atoms. The molecule has 1 unspecified atom stereocenters. The Kier molecular flexibility index (Phi) is 5.50. The van der Waals surface area contributed by atoms with Crippen molar-refractivity contribution in [3.05, 3.63) is 64.2 Å². The van der Waals surface area contributed by atoms with Crippen LogP contribution >= 0.6 is 0 Å². The third-order valence-corrected chi connectivity index (χ3v) is 4.77. The van der Waals surface area contributed by atoms with Gasteiger partial charge in [0.1, 0.15) is 6.54 Å². The molecule has 0 saturated heterocycles. The zero-order valence-electron chi connectivity index (χ0n) is 16.7. The van der Waals surface area contributed by atoms with Crippen molar-refractivity contribution in [1.82, 2.24) is 4.90 Å². The Morgan fingerprint density at radius 3 is 2.03 bits per heavy atom. The van der Waals surface area contributed by atoms with Crippen molar-refractivity contribution in [3.63, 3.8) is 0 Å². The third kappa shape index (κ3) is 4.03. The summed E-state index contributed by atoms with van der Waals surface area (Å²) in [4.78, 5) is 50.2. The molecule has 3 amide bonds. The van der Waals surface area contributed by atoms with Gasteiger partial charge in [0.2, 0.25) is 0 Å². The lowest BCUT2D eigenvalue weighted by atomic mass is 10.0. The van der Waals surface area contributed by atoms with E-state index in [9.17, 15) is 19.2 Å². The van der Waals surface area contributed by atoms with Crippen LogP contribution in [0.3, 0.4) is 0 Å². The van der Waals surface area contributed by atoms with Crippen LogP contribution in [0.15, 0.2) is 36.4 Å². The van der Waals surface area contributed by atoms with Crippen LogP contribution in [0.5, 0.6) is 0 Å². The van der Waals surface area contributed by atoms with Crippen molar-refractivity contribution >= 4 is 29.4 Å². The summed E-state index contributed by atoms with van der Waals surface area (Å²) in [6, 6.07) is 10.2. The topological polar surface area (TPSA) is 92.8 Å². The number of fused-ring (bicyclic) bond motifs is 1. The lowest BCUT2D eigenvalue weighted by molar-refractivity contribution is -0.153. The van der Waals surface area contributed by atoms with E-state index in [2.05, 4.69) is 5.32 Å². The Hall–Kier alpha value is -3.48. The minimum Gasteiger partial charge on any atom is -0.451 e. The Bertz CT molecular complexity index is 970. The maximum atomic E-state index is 12.4. The second-order valence-corrected chi connectivity index (χ2v) is 7.14. The second-order valence-electron chi connectivity index (χ2n) is 7.14. The van der Waals surface area contributed by atoms with E-state index in [1.54, 1.807) is 12.1 Å². The molecule has 0 aromatic heterocycles. The summed E-state index contributed by atoms with van der Waals surface area (Å²) in [6.45, 7) is 6.62. The molecule has 1 atom stereocenters. The number of anilines is 1. The minimum absolute atomic E-state index is 0.251. The van der Waals surface area contributed by atoms with Crippen molar-refractivity contribution in [1.29, 1.82) is 0 Å². The first kappa shape index (κ1) is 20.3. The number of hydrogen-bond acceptors (Lipinski definition) is 5. The van der Waals surface area contributed by atoms with Crippen molar-refractivity contribution < 1.29 is 23.9 Å². The number of carbonyl (C=O) groups is 4. The van der Waals surface area contributed by atoms with E-state index in [0.29, 0.717) is 5.69 Å². The smallest absolute Gasteiger partial charge is 0.326 e. The number of benzene rings is 2. The predicted octanol–water partition coefficient (Wildman–Crippen LogP) is 2.78. The van der Waals surface area contributed by atoms with Gasteiger partial charge < -0.3 is 10.1 Å². The number of aryl methyl sites for hydroxylation is 3. The number of nitrogens with zero attached hydrogens (tertiary/aromatic N) is 1. The van der Waals surface area contributed by atoms with Gasteiger partial charge in [-0.05, 0) is 51.0 Å². The van der Waals surface area contributed by atoms with Crippen LogP contribution in [-0.4, -0.2) is 41.2 Å². The van der Waals surface area contributed by atoms with Crippen LogP contribution in [0.1, 0.15) is 44.3 Å². The summed E-state index contributed by atoms with van der Waals surface area (Å²) in [6.07, 6.45) is -1.09. The predicted molar refractivity (Wildman–Crippen MR) is 107 cm³/mol. The first-order valence-corrected chi connectivity index (χ1v) is 9.22. The molecule has 1 heterocycles. The van der Waals surface area contributed by atoms with Gasteiger partial charge in [0.25, 0.3) is 17.7 Å². The fourth-order valence-corrected chi connectivity index (χ4v) is 3.40. The van der Waals surface area contributed by atoms with E-state index >= 15 is 0 Å². The van der Waals surface area contributed by atoms with Crippen LogP contribution in [-0.2, 0) is 14.3 Å². The van der Waals surface area contributed by atoms with Crippen molar-refractivity contribution in [3.8, 4) is 0 Å². The highest BCUT2D eigenvalue weighted by molar-refractivity contribution is 6.22. The van der Waals surface area contributed by atoms with Crippen LogP contribution in [0.25, 0.3) is 0 Å². The van der Waals surface area contributed by atoms with Gasteiger partial charge in [-0.25, -0.2) is 0 Å². The molecule has 2 aromatic carbocycles.